The van der Waals surface area contributed by atoms with Crippen molar-refractivity contribution < 1.29 is 9.50 Å². The highest BCUT2D eigenvalue weighted by molar-refractivity contribution is 5.32. The van der Waals surface area contributed by atoms with Crippen LogP contribution in [0.1, 0.15) is 24.0 Å². The molecule has 15 heavy (non-hydrogen) atoms. The maximum atomic E-state index is 12.9. The Balaban J connectivity index is 2.35. The number of hydrogen-bond acceptors (Lipinski definition) is 2. The van der Waals surface area contributed by atoms with Gasteiger partial charge in [-0.25, -0.2) is 4.39 Å². The van der Waals surface area contributed by atoms with Crippen LogP contribution < -0.4 is 5.32 Å². The summed E-state index contributed by atoms with van der Waals surface area (Å²) in [6, 6.07) is 4.58. The standard InChI is InChI=1S/C12H16FNO/c1-9-7-10(13)3-4-11(9)12(15)5-2-6-14-8-12/h3-4,7,14-15H,2,5-6,8H2,1H3. The second-order valence-corrected chi connectivity index (χ2v) is 4.27. The van der Waals surface area contributed by atoms with E-state index in [1.807, 2.05) is 6.92 Å². The zero-order valence-electron chi connectivity index (χ0n) is 8.89. The second-order valence-electron chi connectivity index (χ2n) is 4.27. The van der Waals surface area contributed by atoms with Crippen molar-refractivity contribution >= 4 is 0 Å². The van der Waals surface area contributed by atoms with E-state index in [1.165, 1.54) is 12.1 Å². The Bertz CT molecular complexity index is 359. The van der Waals surface area contributed by atoms with Gasteiger partial charge in [-0.1, -0.05) is 6.07 Å². The number of nitrogens with one attached hydrogen (secondary N) is 1. The first-order valence-electron chi connectivity index (χ1n) is 5.31. The van der Waals surface area contributed by atoms with E-state index in [2.05, 4.69) is 5.32 Å². The number of piperidine rings is 1. The molecular weight excluding hydrogens is 193 g/mol. The molecule has 0 saturated carbocycles. The highest BCUT2D eigenvalue weighted by Crippen LogP contribution is 2.30. The van der Waals surface area contributed by atoms with Crippen molar-refractivity contribution in [2.24, 2.45) is 0 Å². The van der Waals surface area contributed by atoms with Crippen molar-refractivity contribution in [3.63, 3.8) is 0 Å². The first-order valence-corrected chi connectivity index (χ1v) is 5.31. The van der Waals surface area contributed by atoms with Gasteiger partial charge in [-0.15, -0.1) is 0 Å². The summed E-state index contributed by atoms with van der Waals surface area (Å²) in [7, 11) is 0. The van der Waals surface area contributed by atoms with Crippen LogP contribution in [0.15, 0.2) is 18.2 Å². The maximum absolute atomic E-state index is 12.9. The van der Waals surface area contributed by atoms with E-state index in [4.69, 9.17) is 0 Å². The molecule has 0 aliphatic carbocycles. The number of aliphatic hydroxyl groups is 1. The van der Waals surface area contributed by atoms with Crippen LogP contribution in [-0.2, 0) is 5.60 Å². The summed E-state index contributed by atoms with van der Waals surface area (Å²) in [4.78, 5) is 0. The SMILES string of the molecule is Cc1cc(F)ccc1C1(O)CCCNC1. The number of β-amino-alcohol motifs (C(OH)–C–C–N with tert-alkyl or cyclic N) is 1. The van der Waals surface area contributed by atoms with Crippen molar-refractivity contribution in [2.45, 2.75) is 25.4 Å². The number of halogens is 1. The Hall–Kier alpha value is -0.930. The minimum Gasteiger partial charge on any atom is -0.384 e. The van der Waals surface area contributed by atoms with Crippen LogP contribution in [0.25, 0.3) is 0 Å². The third kappa shape index (κ3) is 2.03. The number of benzene rings is 1. The predicted molar refractivity (Wildman–Crippen MR) is 57.1 cm³/mol. The molecular formula is C12H16FNO. The Morgan fingerprint density at radius 3 is 2.87 bits per heavy atom. The maximum Gasteiger partial charge on any atom is 0.123 e. The minimum atomic E-state index is -0.823. The predicted octanol–water partition coefficient (Wildman–Crippen LogP) is 1.71. The van der Waals surface area contributed by atoms with Gasteiger partial charge in [0.1, 0.15) is 11.4 Å². The van der Waals surface area contributed by atoms with Crippen LogP contribution in [0.2, 0.25) is 0 Å². The fourth-order valence-corrected chi connectivity index (χ4v) is 2.27. The molecule has 0 spiro atoms. The summed E-state index contributed by atoms with van der Waals surface area (Å²) < 4.78 is 12.9. The van der Waals surface area contributed by atoms with Crippen LogP contribution in [0, 0.1) is 12.7 Å². The first-order chi connectivity index (χ1) is 7.12. The van der Waals surface area contributed by atoms with E-state index < -0.39 is 5.60 Å². The molecule has 1 aliphatic rings. The van der Waals surface area contributed by atoms with E-state index in [-0.39, 0.29) is 5.82 Å². The van der Waals surface area contributed by atoms with Gasteiger partial charge in [0.05, 0.1) is 0 Å². The van der Waals surface area contributed by atoms with E-state index in [9.17, 15) is 9.50 Å². The van der Waals surface area contributed by atoms with Crippen molar-refractivity contribution in [2.75, 3.05) is 13.1 Å². The zero-order valence-corrected chi connectivity index (χ0v) is 8.89. The molecule has 1 aromatic carbocycles. The Morgan fingerprint density at radius 2 is 2.27 bits per heavy atom. The first kappa shape index (κ1) is 10.6. The molecule has 1 aliphatic heterocycles. The molecule has 2 nitrogen and oxygen atoms in total. The molecule has 0 amide bonds. The van der Waals surface area contributed by atoms with Gasteiger partial charge in [-0.3, -0.25) is 0 Å². The number of aryl methyl sites for hydroxylation is 1. The number of rotatable bonds is 1. The third-order valence-electron chi connectivity index (χ3n) is 3.05. The van der Waals surface area contributed by atoms with Crippen molar-refractivity contribution in [3.05, 3.63) is 35.1 Å². The summed E-state index contributed by atoms with van der Waals surface area (Å²) in [5.74, 6) is -0.247. The normalized spacial score (nSPS) is 26.6. The molecule has 1 aromatic rings. The molecule has 2 N–H and O–H groups in total. The largest absolute Gasteiger partial charge is 0.384 e. The lowest BCUT2D eigenvalue weighted by molar-refractivity contribution is 0.0117. The van der Waals surface area contributed by atoms with Crippen LogP contribution in [0.5, 0.6) is 0 Å². The molecule has 1 fully saturated rings. The molecule has 1 heterocycles. The summed E-state index contributed by atoms with van der Waals surface area (Å²) in [5.41, 5.74) is 0.841. The van der Waals surface area contributed by atoms with E-state index >= 15 is 0 Å². The van der Waals surface area contributed by atoms with Crippen molar-refractivity contribution in [3.8, 4) is 0 Å². The van der Waals surface area contributed by atoms with Gasteiger partial charge >= 0.3 is 0 Å². The van der Waals surface area contributed by atoms with Crippen LogP contribution in [0.3, 0.4) is 0 Å². The Kier molecular flexibility index (Phi) is 2.76. The van der Waals surface area contributed by atoms with Crippen LogP contribution >= 0.6 is 0 Å². The minimum absolute atomic E-state index is 0.247. The van der Waals surface area contributed by atoms with Gasteiger partial charge in [0.2, 0.25) is 0 Å². The second kappa shape index (κ2) is 3.91. The van der Waals surface area contributed by atoms with E-state index in [1.54, 1.807) is 6.07 Å². The van der Waals surface area contributed by atoms with E-state index in [0.29, 0.717) is 6.54 Å². The van der Waals surface area contributed by atoms with Gasteiger partial charge in [0, 0.05) is 6.54 Å². The summed E-state index contributed by atoms with van der Waals surface area (Å²) in [6.07, 6.45) is 1.69. The fourth-order valence-electron chi connectivity index (χ4n) is 2.27. The monoisotopic (exact) mass is 209 g/mol. The van der Waals surface area contributed by atoms with Crippen LogP contribution in [0.4, 0.5) is 4.39 Å². The molecule has 1 atom stereocenters. The summed E-state index contributed by atoms with van der Waals surface area (Å²) in [5, 5.41) is 13.6. The molecule has 0 aromatic heterocycles. The van der Waals surface area contributed by atoms with Crippen LogP contribution in [-0.4, -0.2) is 18.2 Å². The topological polar surface area (TPSA) is 32.3 Å². The molecule has 1 unspecified atom stereocenters. The molecule has 82 valence electrons. The Labute approximate surface area is 89.1 Å². The lowest BCUT2D eigenvalue weighted by Gasteiger charge is -2.34. The highest BCUT2D eigenvalue weighted by atomic mass is 19.1. The van der Waals surface area contributed by atoms with Gasteiger partial charge in [-0.05, 0) is 49.6 Å². The quantitative estimate of drug-likeness (QED) is 0.738. The number of hydrogen-bond donors (Lipinski definition) is 2. The fraction of sp³-hybridized carbons (Fsp3) is 0.500. The average Bonchev–Trinajstić information content (AvgIpc) is 2.18. The van der Waals surface area contributed by atoms with Crippen molar-refractivity contribution in [1.82, 2.24) is 5.32 Å². The van der Waals surface area contributed by atoms with E-state index in [0.717, 1.165) is 30.5 Å². The lowest BCUT2D eigenvalue weighted by Crippen LogP contribution is -2.43. The zero-order chi connectivity index (χ0) is 10.9. The van der Waals surface area contributed by atoms with Gasteiger partial charge in [0.15, 0.2) is 0 Å². The molecule has 0 radical (unpaired) electrons. The highest BCUT2D eigenvalue weighted by Gasteiger charge is 2.32. The summed E-state index contributed by atoms with van der Waals surface area (Å²) >= 11 is 0. The molecule has 1 saturated heterocycles. The molecule has 2 rings (SSSR count). The Morgan fingerprint density at radius 1 is 1.47 bits per heavy atom. The summed E-state index contributed by atoms with van der Waals surface area (Å²) in [6.45, 7) is 3.34. The van der Waals surface area contributed by atoms with Gasteiger partial charge < -0.3 is 10.4 Å². The third-order valence-corrected chi connectivity index (χ3v) is 3.05. The van der Waals surface area contributed by atoms with Gasteiger partial charge in [-0.2, -0.15) is 0 Å². The smallest absolute Gasteiger partial charge is 0.123 e. The molecule has 0 bridgehead atoms. The van der Waals surface area contributed by atoms with Crippen molar-refractivity contribution in [1.29, 1.82) is 0 Å². The average molecular weight is 209 g/mol. The van der Waals surface area contributed by atoms with Gasteiger partial charge in [0.25, 0.3) is 0 Å². The molecule has 3 heteroatoms. The lowest BCUT2D eigenvalue weighted by atomic mass is 9.84.